The number of phenols is 1. The number of fused-ring (bicyclic) bond motifs is 1. The lowest BCUT2D eigenvalue weighted by Crippen LogP contribution is -2.14. The fraction of sp³-hybridized carbons (Fsp3) is 0.406. The van der Waals surface area contributed by atoms with Gasteiger partial charge in [0, 0.05) is 22.4 Å². The van der Waals surface area contributed by atoms with Gasteiger partial charge in [-0.25, -0.2) is 9.37 Å². The van der Waals surface area contributed by atoms with E-state index in [1.807, 2.05) is 44.2 Å². The normalized spacial score (nSPS) is 13.3. The Bertz CT molecular complexity index is 1230. The molecular weight excluding hydrogens is 516 g/mol. The van der Waals surface area contributed by atoms with Gasteiger partial charge < -0.3 is 14.6 Å². The summed E-state index contributed by atoms with van der Waals surface area (Å²) in [5.74, 6) is 1.16. The molecule has 39 heavy (non-hydrogen) atoms. The van der Waals surface area contributed by atoms with E-state index < -0.39 is 5.82 Å². The van der Waals surface area contributed by atoms with Gasteiger partial charge in [0.25, 0.3) is 5.88 Å². The average molecular weight is 556 g/mol. The number of alkyl halides is 1. The van der Waals surface area contributed by atoms with Crippen LogP contribution in [0.25, 0.3) is 11.1 Å². The van der Waals surface area contributed by atoms with Crippen LogP contribution in [0.1, 0.15) is 76.5 Å². The van der Waals surface area contributed by atoms with Crippen LogP contribution in [0.4, 0.5) is 8.78 Å². The van der Waals surface area contributed by atoms with Crippen molar-refractivity contribution in [1.82, 2.24) is 4.98 Å². The van der Waals surface area contributed by atoms with Gasteiger partial charge in [0.1, 0.15) is 11.5 Å². The topological polar surface area (TPSA) is 51.6 Å². The number of halogens is 2. The second kappa shape index (κ2) is 15.5. The molecule has 1 unspecified atom stereocenters. The number of unbranched alkanes of at least 4 members (excludes halogenated alkanes) is 1. The van der Waals surface area contributed by atoms with Crippen LogP contribution in [0.5, 0.6) is 17.4 Å². The lowest BCUT2D eigenvalue weighted by Gasteiger charge is -2.25. The summed E-state index contributed by atoms with van der Waals surface area (Å²) in [4.78, 5) is 5.03. The quantitative estimate of drug-likeness (QED) is 0.256. The Morgan fingerprint density at radius 3 is 2.38 bits per heavy atom. The van der Waals surface area contributed by atoms with E-state index in [1.165, 1.54) is 0 Å². The molecule has 0 fully saturated rings. The molecule has 1 aliphatic rings. The lowest BCUT2D eigenvalue weighted by atomic mass is 9.89. The molecule has 7 heteroatoms. The predicted molar refractivity (Wildman–Crippen MR) is 157 cm³/mol. The van der Waals surface area contributed by atoms with E-state index in [4.69, 9.17) is 9.47 Å². The number of ether oxygens (including phenoxy) is 2. The van der Waals surface area contributed by atoms with E-state index in [2.05, 4.69) is 18.8 Å². The minimum absolute atomic E-state index is 0.0126. The van der Waals surface area contributed by atoms with Gasteiger partial charge in [-0.15, -0.1) is 11.8 Å². The molecule has 1 aliphatic heterocycles. The maximum Gasteiger partial charge on any atom is 0.250 e. The van der Waals surface area contributed by atoms with E-state index in [-0.39, 0.29) is 24.4 Å². The first kappa shape index (κ1) is 30.5. The molecule has 3 aromatic rings. The summed E-state index contributed by atoms with van der Waals surface area (Å²) >= 11 is 1.58. The highest BCUT2D eigenvalue weighted by Gasteiger charge is 2.25. The van der Waals surface area contributed by atoms with Gasteiger partial charge in [-0.2, -0.15) is 0 Å². The smallest absolute Gasteiger partial charge is 0.250 e. The molecule has 0 saturated carbocycles. The third kappa shape index (κ3) is 7.98. The molecule has 0 aliphatic carbocycles. The van der Waals surface area contributed by atoms with Crippen molar-refractivity contribution in [1.29, 1.82) is 0 Å². The zero-order valence-corrected chi connectivity index (χ0v) is 24.1. The molecule has 210 valence electrons. The molecule has 0 bridgehead atoms. The van der Waals surface area contributed by atoms with E-state index in [1.54, 1.807) is 36.2 Å². The van der Waals surface area contributed by atoms with Crippen molar-refractivity contribution in [2.24, 2.45) is 0 Å². The highest BCUT2D eigenvalue weighted by Crippen LogP contribution is 2.46. The molecule has 1 N–H and O–H groups in total. The summed E-state index contributed by atoms with van der Waals surface area (Å²) < 4.78 is 38.0. The van der Waals surface area contributed by atoms with Crippen LogP contribution < -0.4 is 9.47 Å². The Balaban J connectivity index is 0.000000771. The SMILES string of the molecule is CCCC(CC)Oc1ccc(C2=C(c3ccnc(OCC)c3F)CSc3cc(O)ccc32)cc1.CCCCF. The van der Waals surface area contributed by atoms with Crippen molar-refractivity contribution in [2.75, 3.05) is 19.0 Å². The minimum Gasteiger partial charge on any atom is -0.508 e. The summed E-state index contributed by atoms with van der Waals surface area (Å²) in [5, 5.41) is 10.0. The number of aromatic nitrogens is 1. The van der Waals surface area contributed by atoms with E-state index in [9.17, 15) is 9.50 Å². The molecule has 1 aromatic heterocycles. The fourth-order valence-corrected chi connectivity index (χ4v) is 5.48. The largest absolute Gasteiger partial charge is 0.508 e. The Kier molecular flexibility index (Phi) is 12.1. The van der Waals surface area contributed by atoms with Gasteiger partial charge in [-0.05, 0) is 84.9 Å². The van der Waals surface area contributed by atoms with Crippen LogP contribution in [-0.4, -0.2) is 35.2 Å². The number of hydrogen-bond donors (Lipinski definition) is 1. The van der Waals surface area contributed by atoms with Gasteiger partial charge in [0.15, 0.2) is 5.82 Å². The fourth-order valence-electron chi connectivity index (χ4n) is 4.35. The van der Waals surface area contributed by atoms with Crippen molar-refractivity contribution in [2.45, 2.75) is 70.8 Å². The minimum atomic E-state index is -0.454. The first-order valence-electron chi connectivity index (χ1n) is 13.8. The van der Waals surface area contributed by atoms with Crippen LogP contribution >= 0.6 is 11.8 Å². The number of aromatic hydroxyl groups is 1. The Labute approximate surface area is 235 Å². The lowest BCUT2D eigenvalue weighted by molar-refractivity contribution is 0.186. The molecule has 0 spiro atoms. The molecular formula is C32H39F2NO3S. The third-order valence-electron chi connectivity index (χ3n) is 6.37. The van der Waals surface area contributed by atoms with Crippen LogP contribution in [-0.2, 0) is 0 Å². The van der Waals surface area contributed by atoms with Crippen LogP contribution in [0.3, 0.4) is 0 Å². The summed E-state index contributed by atoms with van der Waals surface area (Å²) in [6.07, 6.45) is 6.53. The van der Waals surface area contributed by atoms with Crippen molar-refractivity contribution in [3.05, 3.63) is 77.2 Å². The van der Waals surface area contributed by atoms with Gasteiger partial charge in [-0.3, -0.25) is 4.39 Å². The first-order valence-corrected chi connectivity index (χ1v) is 14.8. The average Bonchev–Trinajstić information content (AvgIpc) is 2.95. The molecule has 2 heterocycles. The summed E-state index contributed by atoms with van der Waals surface area (Å²) in [6.45, 7) is 8.27. The van der Waals surface area contributed by atoms with Gasteiger partial charge in [0.05, 0.1) is 19.4 Å². The molecule has 0 amide bonds. The Hall–Kier alpha value is -3.06. The second-order valence-corrected chi connectivity index (χ2v) is 10.3. The molecule has 0 radical (unpaired) electrons. The first-order chi connectivity index (χ1) is 19.0. The standard InChI is InChI=1S/C28H30FNO3S.C4H9F/c1-4-7-20(5-2)33-21-11-8-18(9-12-21)26-23-13-10-19(31)16-25(23)34-17-24(26)22-14-15-30-28(27(22)29)32-6-3;1-2-3-4-5/h8-16,20,31H,4-7,17H2,1-3H3;2-4H2,1H3. The molecule has 4 nitrogen and oxygen atoms in total. The molecule has 2 aromatic carbocycles. The number of pyridine rings is 1. The van der Waals surface area contributed by atoms with E-state index in [0.29, 0.717) is 17.9 Å². The van der Waals surface area contributed by atoms with Crippen LogP contribution in [0.15, 0.2) is 59.6 Å². The third-order valence-corrected chi connectivity index (χ3v) is 7.45. The Morgan fingerprint density at radius 1 is 1.00 bits per heavy atom. The van der Waals surface area contributed by atoms with Crippen molar-refractivity contribution in [3.8, 4) is 17.4 Å². The van der Waals surface area contributed by atoms with Gasteiger partial charge in [-0.1, -0.05) is 45.7 Å². The predicted octanol–water partition coefficient (Wildman–Crippen LogP) is 9.10. The van der Waals surface area contributed by atoms with Crippen LogP contribution in [0, 0.1) is 5.82 Å². The van der Waals surface area contributed by atoms with E-state index >= 15 is 4.39 Å². The van der Waals surface area contributed by atoms with Gasteiger partial charge in [0.2, 0.25) is 0 Å². The highest BCUT2D eigenvalue weighted by molar-refractivity contribution is 7.99. The second-order valence-electron chi connectivity index (χ2n) is 9.24. The monoisotopic (exact) mass is 555 g/mol. The summed E-state index contributed by atoms with van der Waals surface area (Å²) in [7, 11) is 0. The zero-order chi connectivity index (χ0) is 28.2. The Morgan fingerprint density at radius 2 is 1.77 bits per heavy atom. The maximum absolute atomic E-state index is 15.4. The molecule has 0 saturated heterocycles. The number of thioether (sulfide) groups is 1. The van der Waals surface area contributed by atoms with Crippen molar-refractivity contribution >= 4 is 22.9 Å². The molecule has 1 atom stereocenters. The maximum atomic E-state index is 15.4. The van der Waals surface area contributed by atoms with Crippen LogP contribution in [0.2, 0.25) is 0 Å². The zero-order valence-electron chi connectivity index (χ0n) is 23.3. The van der Waals surface area contributed by atoms with Crippen molar-refractivity contribution < 1.29 is 23.4 Å². The van der Waals surface area contributed by atoms with Gasteiger partial charge >= 0.3 is 0 Å². The van der Waals surface area contributed by atoms with E-state index in [0.717, 1.165) is 65.0 Å². The van der Waals surface area contributed by atoms with Crippen molar-refractivity contribution in [3.63, 3.8) is 0 Å². The number of benzene rings is 2. The number of rotatable bonds is 11. The number of hydrogen-bond acceptors (Lipinski definition) is 5. The number of nitrogens with zero attached hydrogens (tertiary/aromatic N) is 1. The molecule has 4 rings (SSSR count). The number of phenolic OH excluding ortho intramolecular Hbond substituents is 1. The summed E-state index contributed by atoms with van der Waals surface area (Å²) in [5.41, 5.74) is 4.22. The summed E-state index contributed by atoms with van der Waals surface area (Å²) in [6, 6.07) is 15.0. The highest BCUT2D eigenvalue weighted by atomic mass is 32.2.